The van der Waals surface area contributed by atoms with Crippen LogP contribution in [0.15, 0.2) is 65.9 Å². The van der Waals surface area contributed by atoms with Gasteiger partial charge in [-0.3, -0.25) is 4.98 Å². The number of hydrogen-bond donors (Lipinski definition) is 0. The Kier molecular flexibility index (Phi) is 3.67. The molecule has 0 saturated heterocycles. The standard InChI is InChI=1S/C22H16ClN3O3/c23-14-5-7-19-15(10-14)18-11-17(13-4-6-20-21(9-13)28-12-27-20)25-26(18)22(29-19)16-3-1-2-8-24-16/h1-10,18,22H,11-12H2/t18-,22+/m1/s1. The second-order valence-corrected chi connectivity index (χ2v) is 7.56. The Hall–Kier alpha value is -3.25. The van der Waals surface area contributed by atoms with Crippen LogP contribution in [0.3, 0.4) is 0 Å². The van der Waals surface area contributed by atoms with Gasteiger partial charge in [0.1, 0.15) is 11.4 Å². The van der Waals surface area contributed by atoms with Gasteiger partial charge in [-0.1, -0.05) is 17.7 Å². The average molecular weight is 406 g/mol. The van der Waals surface area contributed by atoms with Crippen LogP contribution in [0.4, 0.5) is 0 Å². The number of benzene rings is 2. The van der Waals surface area contributed by atoms with Crippen LogP contribution in [0.1, 0.15) is 35.5 Å². The lowest BCUT2D eigenvalue weighted by atomic mass is 9.96. The van der Waals surface area contributed by atoms with E-state index < -0.39 is 6.23 Å². The highest BCUT2D eigenvalue weighted by Crippen LogP contribution is 2.48. The largest absolute Gasteiger partial charge is 0.463 e. The summed E-state index contributed by atoms with van der Waals surface area (Å²) in [6.45, 7) is 0.251. The summed E-state index contributed by atoms with van der Waals surface area (Å²) in [6.07, 6.45) is 2.10. The molecule has 2 aromatic carbocycles. The lowest BCUT2D eigenvalue weighted by molar-refractivity contribution is -0.0218. The highest BCUT2D eigenvalue weighted by Gasteiger charge is 2.41. The van der Waals surface area contributed by atoms with Crippen molar-refractivity contribution in [3.8, 4) is 17.2 Å². The number of nitrogens with zero attached hydrogens (tertiary/aromatic N) is 3. The van der Waals surface area contributed by atoms with Gasteiger partial charge in [-0.05, 0) is 48.5 Å². The van der Waals surface area contributed by atoms with E-state index in [1.54, 1.807) is 6.20 Å². The van der Waals surface area contributed by atoms with E-state index in [9.17, 15) is 0 Å². The molecule has 0 saturated carbocycles. The van der Waals surface area contributed by atoms with Crippen LogP contribution in [0.2, 0.25) is 5.02 Å². The molecule has 3 aliphatic heterocycles. The van der Waals surface area contributed by atoms with Crippen LogP contribution in [-0.4, -0.2) is 22.5 Å². The zero-order chi connectivity index (χ0) is 19.4. The third kappa shape index (κ3) is 2.71. The maximum absolute atomic E-state index is 6.30. The maximum Gasteiger partial charge on any atom is 0.231 e. The SMILES string of the molecule is Clc1ccc2c(c1)[C@H]1CC(c3ccc4c(c3)OCO4)=NN1[C@H](c1ccccn1)O2. The van der Waals surface area contributed by atoms with Gasteiger partial charge in [0.25, 0.3) is 0 Å². The molecule has 6 rings (SSSR count). The van der Waals surface area contributed by atoms with Gasteiger partial charge in [-0.15, -0.1) is 0 Å². The van der Waals surface area contributed by atoms with Crippen LogP contribution in [0, 0.1) is 0 Å². The molecule has 0 bridgehead atoms. The van der Waals surface area contributed by atoms with E-state index >= 15 is 0 Å². The van der Waals surface area contributed by atoms with Gasteiger partial charge in [-0.2, -0.15) is 5.10 Å². The second-order valence-electron chi connectivity index (χ2n) is 7.12. The van der Waals surface area contributed by atoms with Gasteiger partial charge in [0.05, 0.1) is 11.8 Å². The van der Waals surface area contributed by atoms with Crippen LogP contribution in [0.5, 0.6) is 17.2 Å². The summed E-state index contributed by atoms with van der Waals surface area (Å²) >= 11 is 6.28. The maximum atomic E-state index is 6.30. The first-order valence-electron chi connectivity index (χ1n) is 9.39. The van der Waals surface area contributed by atoms with Gasteiger partial charge in [-0.25, -0.2) is 5.01 Å². The summed E-state index contributed by atoms with van der Waals surface area (Å²) in [5.41, 5.74) is 3.82. The normalized spacial score (nSPS) is 21.3. The average Bonchev–Trinajstić information content (AvgIpc) is 3.40. The summed E-state index contributed by atoms with van der Waals surface area (Å²) < 4.78 is 17.3. The summed E-state index contributed by atoms with van der Waals surface area (Å²) in [5, 5.41) is 7.61. The Labute approximate surface area is 172 Å². The van der Waals surface area contributed by atoms with Crippen molar-refractivity contribution in [1.82, 2.24) is 9.99 Å². The second kappa shape index (κ2) is 6.39. The highest BCUT2D eigenvalue weighted by molar-refractivity contribution is 6.30. The van der Waals surface area contributed by atoms with E-state index in [2.05, 4.69) is 4.98 Å². The fourth-order valence-electron chi connectivity index (χ4n) is 4.03. The number of aromatic nitrogens is 1. The minimum atomic E-state index is -0.401. The lowest BCUT2D eigenvalue weighted by Gasteiger charge is -2.37. The fraction of sp³-hybridized carbons (Fsp3) is 0.182. The minimum Gasteiger partial charge on any atom is -0.463 e. The summed E-state index contributed by atoms with van der Waals surface area (Å²) in [5.74, 6) is 2.32. The van der Waals surface area contributed by atoms with Gasteiger partial charge < -0.3 is 14.2 Å². The van der Waals surface area contributed by atoms with Crippen molar-refractivity contribution in [2.24, 2.45) is 5.10 Å². The lowest BCUT2D eigenvalue weighted by Crippen LogP contribution is -2.34. The predicted molar refractivity (Wildman–Crippen MR) is 107 cm³/mol. The molecule has 3 aliphatic rings. The van der Waals surface area contributed by atoms with Crippen molar-refractivity contribution in [2.75, 3.05) is 6.79 Å². The Morgan fingerprint density at radius 3 is 2.76 bits per heavy atom. The van der Waals surface area contributed by atoms with Crippen LogP contribution in [0.25, 0.3) is 0 Å². The van der Waals surface area contributed by atoms with Crippen LogP contribution in [-0.2, 0) is 0 Å². The van der Waals surface area contributed by atoms with Gasteiger partial charge in [0.15, 0.2) is 11.5 Å². The van der Waals surface area contributed by atoms with E-state index in [-0.39, 0.29) is 12.8 Å². The number of hydrogen-bond acceptors (Lipinski definition) is 6. The molecule has 0 spiro atoms. The zero-order valence-electron chi connectivity index (χ0n) is 15.3. The molecule has 0 unspecified atom stereocenters. The van der Waals surface area contributed by atoms with Gasteiger partial charge in [0, 0.05) is 28.8 Å². The Balaban J connectivity index is 1.44. The molecule has 7 heteroatoms. The molecule has 0 radical (unpaired) electrons. The van der Waals surface area contributed by atoms with Crippen molar-refractivity contribution in [2.45, 2.75) is 18.7 Å². The molecule has 3 aromatic rings. The number of hydrazone groups is 1. The molecule has 1 aromatic heterocycles. The quantitative estimate of drug-likeness (QED) is 0.618. The molecule has 0 aliphatic carbocycles. The number of fused-ring (bicyclic) bond motifs is 4. The van der Waals surface area contributed by atoms with E-state index in [0.717, 1.165) is 46.2 Å². The van der Waals surface area contributed by atoms with Crippen molar-refractivity contribution < 1.29 is 14.2 Å². The number of ether oxygens (including phenoxy) is 3. The van der Waals surface area contributed by atoms with Gasteiger partial charge >= 0.3 is 0 Å². The highest BCUT2D eigenvalue weighted by atomic mass is 35.5. The zero-order valence-corrected chi connectivity index (χ0v) is 16.0. The molecule has 4 heterocycles. The van der Waals surface area contributed by atoms with Crippen molar-refractivity contribution in [1.29, 1.82) is 0 Å². The Morgan fingerprint density at radius 1 is 0.966 bits per heavy atom. The fourth-order valence-corrected chi connectivity index (χ4v) is 4.21. The first-order valence-corrected chi connectivity index (χ1v) is 9.77. The Morgan fingerprint density at radius 2 is 1.86 bits per heavy atom. The predicted octanol–water partition coefficient (Wildman–Crippen LogP) is 4.71. The molecule has 2 atom stereocenters. The third-order valence-corrected chi connectivity index (χ3v) is 5.63. The molecule has 29 heavy (non-hydrogen) atoms. The molecule has 0 fully saturated rings. The van der Waals surface area contributed by atoms with E-state index in [0.29, 0.717) is 5.02 Å². The summed E-state index contributed by atoms with van der Waals surface area (Å²) in [6, 6.07) is 17.5. The molecule has 6 nitrogen and oxygen atoms in total. The first kappa shape index (κ1) is 16.7. The van der Waals surface area contributed by atoms with Gasteiger partial charge in [0.2, 0.25) is 13.0 Å². The number of rotatable bonds is 2. The number of halogens is 1. The Bertz CT molecular complexity index is 1140. The molecule has 144 valence electrons. The van der Waals surface area contributed by atoms with E-state index in [4.69, 9.17) is 30.9 Å². The van der Waals surface area contributed by atoms with E-state index in [1.807, 2.05) is 59.6 Å². The third-order valence-electron chi connectivity index (χ3n) is 5.40. The monoisotopic (exact) mass is 405 g/mol. The van der Waals surface area contributed by atoms with Crippen LogP contribution >= 0.6 is 11.6 Å². The first-order chi connectivity index (χ1) is 14.3. The smallest absolute Gasteiger partial charge is 0.231 e. The van der Waals surface area contributed by atoms with E-state index in [1.165, 1.54) is 0 Å². The summed E-state index contributed by atoms with van der Waals surface area (Å²) in [4.78, 5) is 4.50. The summed E-state index contributed by atoms with van der Waals surface area (Å²) in [7, 11) is 0. The minimum absolute atomic E-state index is 0.0184. The van der Waals surface area contributed by atoms with Crippen LogP contribution < -0.4 is 14.2 Å². The van der Waals surface area contributed by atoms with Crippen molar-refractivity contribution in [3.63, 3.8) is 0 Å². The molecular formula is C22H16ClN3O3. The van der Waals surface area contributed by atoms with Crippen molar-refractivity contribution in [3.05, 3.63) is 82.6 Å². The topological polar surface area (TPSA) is 56.2 Å². The molecular weight excluding hydrogens is 390 g/mol. The molecule has 0 amide bonds. The molecule has 0 N–H and O–H groups in total. The van der Waals surface area contributed by atoms with Crippen molar-refractivity contribution >= 4 is 17.3 Å². The number of pyridine rings is 1.